The van der Waals surface area contributed by atoms with Gasteiger partial charge in [0.2, 0.25) is 0 Å². The van der Waals surface area contributed by atoms with Crippen LogP contribution in [0.1, 0.15) is 24.0 Å². The molecule has 2 aromatic rings. The molecule has 0 aromatic heterocycles. The maximum atomic E-state index is 2.40. The standard InChI is InChI=1S/C19H14/c1-2-5-13-9-17-15(8-12(13)4-1)11-18-16-7-3-6-14(16)10-19(17)18/h1-6,8-9H,7,10-11H2. The molecule has 0 heteroatoms. The van der Waals surface area contributed by atoms with Gasteiger partial charge in [-0.05, 0) is 69.5 Å². The molecule has 5 rings (SSSR count). The first kappa shape index (κ1) is 9.80. The summed E-state index contributed by atoms with van der Waals surface area (Å²) < 4.78 is 0. The molecule has 0 saturated heterocycles. The Morgan fingerprint density at radius 3 is 2.53 bits per heavy atom. The highest BCUT2D eigenvalue weighted by molar-refractivity contribution is 5.93. The van der Waals surface area contributed by atoms with Crippen molar-refractivity contribution in [3.05, 3.63) is 76.4 Å². The fourth-order valence-electron chi connectivity index (χ4n) is 3.89. The lowest BCUT2D eigenvalue weighted by Crippen LogP contribution is -1.90. The second-order valence-electron chi connectivity index (χ2n) is 5.78. The lowest BCUT2D eigenvalue weighted by atomic mass is 9.97. The van der Waals surface area contributed by atoms with E-state index in [1.54, 1.807) is 22.3 Å². The smallest absolute Gasteiger partial charge is 0.00135 e. The topological polar surface area (TPSA) is 0 Å². The van der Waals surface area contributed by atoms with Crippen LogP contribution >= 0.6 is 0 Å². The Balaban J connectivity index is 1.72. The van der Waals surface area contributed by atoms with Gasteiger partial charge in [-0.25, -0.2) is 0 Å². The first-order valence-electron chi connectivity index (χ1n) is 7.03. The lowest BCUT2D eigenvalue weighted by molar-refractivity contribution is 1.15. The average molecular weight is 242 g/mol. The van der Waals surface area contributed by atoms with Gasteiger partial charge in [0.15, 0.2) is 0 Å². The van der Waals surface area contributed by atoms with Gasteiger partial charge in [0.05, 0.1) is 0 Å². The predicted molar refractivity (Wildman–Crippen MR) is 80.0 cm³/mol. The van der Waals surface area contributed by atoms with Gasteiger partial charge in [-0.2, -0.15) is 0 Å². The number of rotatable bonds is 0. The van der Waals surface area contributed by atoms with Crippen LogP contribution in [0.4, 0.5) is 0 Å². The molecule has 0 fully saturated rings. The number of hydrogen-bond acceptors (Lipinski definition) is 0. The van der Waals surface area contributed by atoms with Crippen molar-refractivity contribution in [3.8, 4) is 0 Å². The molecule has 0 atom stereocenters. The molecule has 0 N–H and O–H groups in total. The molecular formula is C19H14. The summed E-state index contributed by atoms with van der Waals surface area (Å²) in [7, 11) is 0. The second-order valence-corrected chi connectivity index (χ2v) is 5.78. The normalized spacial score (nSPS) is 19.4. The molecule has 0 spiro atoms. The van der Waals surface area contributed by atoms with E-state index in [2.05, 4.69) is 48.6 Å². The molecule has 2 aromatic carbocycles. The molecule has 0 saturated carbocycles. The molecule has 0 unspecified atom stereocenters. The van der Waals surface area contributed by atoms with Crippen LogP contribution in [0.3, 0.4) is 0 Å². The molecule has 3 aliphatic carbocycles. The van der Waals surface area contributed by atoms with Gasteiger partial charge in [0.1, 0.15) is 0 Å². The first-order chi connectivity index (χ1) is 9.40. The van der Waals surface area contributed by atoms with Crippen LogP contribution in [0, 0.1) is 0 Å². The molecule has 0 bridgehead atoms. The van der Waals surface area contributed by atoms with Crippen LogP contribution in [0.2, 0.25) is 0 Å². The van der Waals surface area contributed by atoms with Crippen molar-refractivity contribution in [1.29, 1.82) is 0 Å². The van der Waals surface area contributed by atoms with Gasteiger partial charge in [0.25, 0.3) is 0 Å². The fraction of sp³-hybridized carbons (Fsp3) is 0.158. The first-order valence-corrected chi connectivity index (χ1v) is 7.03. The maximum absolute atomic E-state index is 2.40. The third kappa shape index (κ3) is 1.19. The highest BCUT2D eigenvalue weighted by Gasteiger charge is 2.31. The summed E-state index contributed by atoms with van der Waals surface area (Å²) in [5.41, 5.74) is 9.47. The summed E-state index contributed by atoms with van der Waals surface area (Å²) in [6.45, 7) is 0. The van der Waals surface area contributed by atoms with E-state index >= 15 is 0 Å². The zero-order valence-electron chi connectivity index (χ0n) is 10.7. The molecule has 90 valence electrons. The molecule has 0 aliphatic heterocycles. The number of allylic oxidation sites excluding steroid dienone is 6. The van der Waals surface area contributed by atoms with E-state index in [1.807, 2.05) is 0 Å². The third-order valence-electron chi connectivity index (χ3n) is 4.79. The summed E-state index contributed by atoms with van der Waals surface area (Å²) in [6, 6.07) is 13.5. The van der Waals surface area contributed by atoms with Gasteiger partial charge in [0, 0.05) is 0 Å². The average Bonchev–Trinajstić information content (AvgIpc) is 3.07. The minimum Gasteiger partial charge on any atom is -0.0798 e. The number of fused-ring (bicyclic) bond motifs is 4. The minimum atomic E-state index is 1.15. The van der Waals surface area contributed by atoms with Crippen LogP contribution in [0.5, 0.6) is 0 Å². The Morgan fingerprint density at radius 1 is 0.789 bits per heavy atom. The highest BCUT2D eigenvalue weighted by Crippen LogP contribution is 2.49. The van der Waals surface area contributed by atoms with E-state index in [1.165, 1.54) is 21.9 Å². The highest BCUT2D eigenvalue weighted by atomic mass is 14.4. The van der Waals surface area contributed by atoms with Crippen LogP contribution in [0.15, 0.2) is 65.3 Å². The van der Waals surface area contributed by atoms with Crippen molar-refractivity contribution in [2.24, 2.45) is 0 Å². The minimum absolute atomic E-state index is 1.15. The number of hydrogen-bond donors (Lipinski definition) is 0. The SMILES string of the molecule is C1=CC2=C(C1)C1=C(C2)c2cc3ccccc3cc2C1. The molecule has 0 amide bonds. The van der Waals surface area contributed by atoms with Crippen molar-refractivity contribution >= 4 is 16.3 Å². The summed E-state index contributed by atoms with van der Waals surface area (Å²) in [5.74, 6) is 0. The molecular weight excluding hydrogens is 228 g/mol. The predicted octanol–water partition coefficient (Wildman–Crippen LogP) is 4.81. The van der Waals surface area contributed by atoms with Crippen LogP contribution in [0.25, 0.3) is 16.3 Å². The van der Waals surface area contributed by atoms with Crippen molar-refractivity contribution in [2.75, 3.05) is 0 Å². The van der Waals surface area contributed by atoms with Gasteiger partial charge < -0.3 is 0 Å². The molecule has 0 heterocycles. The molecule has 3 aliphatic rings. The van der Waals surface area contributed by atoms with E-state index in [-0.39, 0.29) is 0 Å². The van der Waals surface area contributed by atoms with Crippen molar-refractivity contribution < 1.29 is 0 Å². The molecule has 0 nitrogen and oxygen atoms in total. The van der Waals surface area contributed by atoms with E-state index in [9.17, 15) is 0 Å². The third-order valence-corrected chi connectivity index (χ3v) is 4.79. The zero-order valence-corrected chi connectivity index (χ0v) is 10.7. The van der Waals surface area contributed by atoms with E-state index in [0.717, 1.165) is 19.3 Å². The summed E-state index contributed by atoms with van der Waals surface area (Å²) in [5, 5.41) is 2.75. The maximum Gasteiger partial charge on any atom is -0.00135 e. The monoisotopic (exact) mass is 242 g/mol. The van der Waals surface area contributed by atoms with Crippen LogP contribution in [-0.4, -0.2) is 0 Å². The van der Waals surface area contributed by atoms with Gasteiger partial charge in [-0.3, -0.25) is 0 Å². The Hall–Kier alpha value is -2.08. The molecule has 19 heavy (non-hydrogen) atoms. The Morgan fingerprint density at radius 2 is 1.63 bits per heavy atom. The Kier molecular flexibility index (Phi) is 1.69. The van der Waals surface area contributed by atoms with E-state index < -0.39 is 0 Å². The van der Waals surface area contributed by atoms with E-state index in [0.29, 0.717) is 0 Å². The lowest BCUT2D eigenvalue weighted by Gasteiger charge is -2.07. The second kappa shape index (κ2) is 3.27. The summed E-state index contributed by atoms with van der Waals surface area (Å²) >= 11 is 0. The van der Waals surface area contributed by atoms with Gasteiger partial charge in [-0.15, -0.1) is 0 Å². The zero-order chi connectivity index (χ0) is 12.4. The van der Waals surface area contributed by atoms with Gasteiger partial charge >= 0.3 is 0 Å². The summed E-state index contributed by atoms with van der Waals surface area (Å²) in [4.78, 5) is 0. The van der Waals surface area contributed by atoms with Crippen molar-refractivity contribution in [1.82, 2.24) is 0 Å². The van der Waals surface area contributed by atoms with Crippen molar-refractivity contribution in [2.45, 2.75) is 19.3 Å². The fourth-order valence-corrected chi connectivity index (χ4v) is 3.89. The Labute approximate surface area is 112 Å². The molecule has 0 radical (unpaired) electrons. The largest absolute Gasteiger partial charge is 0.0798 e. The van der Waals surface area contributed by atoms with E-state index in [4.69, 9.17) is 0 Å². The quantitative estimate of drug-likeness (QED) is 0.622. The summed E-state index contributed by atoms with van der Waals surface area (Å²) in [6.07, 6.45) is 8.10. The van der Waals surface area contributed by atoms with Crippen LogP contribution in [-0.2, 0) is 6.42 Å². The van der Waals surface area contributed by atoms with Crippen molar-refractivity contribution in [3.63, 3.8) is 0 Å². The van der Waals surface area contributed by atoms with Crippen LogP contribution < -0.4 is 0 Å². The Bertz CT molecular complexity index is 828. The number of benzene rings is 2. The van der Waals surface area contributed by atoms with Gasteiger partial charge in [-0.1, -0.05) is 42.5 Å².